The third kappa shape index (κ3) is 4.51. The summed E-state index contributed by atoms with van der Waals surface area (Å²) in [5.41, 5.74) is 1.42. The van der Waals surface area contributed by atoms with Crippen LogP contribution in [-0.2, 0) is 7.05 Å². The van der Waals surface area contributed by atoms with Crippen LogP contribution >= 0.6 is 15.9 Å². The number of hydrogen-bond donors (Lipinski definition) is 0. The summed E-state index contributed by atoms with van der Waals surface area (Å²) in [6.07, 6.45) is 9.36. The first-order chi connectivity index (χ1) is 16.0. The van der Waals surface area contributed by atoms with E-state index in [1.54, 1.807) is 26.4 Å². The van der Waals surface area contributed by atoms with Crippen LogP contribution in [0.3, 0.4) is 0 Å². The molecule has 33 heavy (non-hydrogen) atoms. The molecule has 174 valence electrons. The molecular formula is C25H29BrN4O3. The maximum absolute atomic E-state index is 12.9. The smallest absolute Gasteiger partial charge is 0.280 e. The summed E-state index contributed by atoms with van der Waals surface area (Å²) in [4.78, 5) is 24.5. The van der Waals surface area contributed by atoms with Gasteiger partial charge in [0.15, 0.2) is 5.52 Å². The maximum atomic E-state index is 12.9. The molecule has 1 aliphatic carbocycles. The van der Waals surface area contributed by atoms with Crippen LogP contribution in [0.4, 0.5) is 0 Å². The number of aromatic nitrogens is 3. The second-order valence-electron chi connectivity index (χ2n) is 8.97. The van der Waals surface area contributed by atoms with Gasteiger partial charge in [0.05, 0.1) is 18.2 Å². The molecule has 2 fully saturated rings. The lowest BCUT2D eigenvalue weighted by atomic mass is 10.0. The van der Waals surface area contributed by atoms with E-state index in [-0.39, 0.29) is 11.7 Å². The van der Waals surface area contributed by atoms with Crippen molar-refractivity contribution in [1.82, 2.24) is 19.4 Å². The van der Waals surface area contributed by atoms with Crippen molar-refractivity contribution < 1.29 is 9.47 Å². The SMILES string of the molecule is COc1cc(OC2CCN(C3CCCC3)CC2)ccc1-c1nc2cc(Br)cnc2c(=O)n1C. The highest BCUT2D eigenvalue weighted by Gasteiger charge is 2.28. The second-order valence-corrected chi connectivity index (χ2v) is 9.89. The van der Waals surface area contributed by atoms with Crippen LogP contribution in [0.15, 0.2) is 39.7 Å². The van der Waals surface area contributed by atoms with E-state index in [1.807, 2.05) is 18.2 Å². The molecule has 5 rings (SSSR count). The molecule has 3 heterocycles. The number of benzene rings is 1. The molecule has 2 aliphatic rings. The zero-order valence-electron chi connectivity index (χ0n) is 19.1. The molecule has 1 aromatic carbocycles. The summed E-state index contributed by atoms with van der Waals surface area (Å²) in [7, 11) is 3.33. The molecule has 0 radical (unpaired) electrons. The number of pyridine rings is 1. The Morgan fingerprint density at radius 1 is 1.09 bits per heavy atom. The van der Waals surface area contributed by atoms with Gasteiger partial charge >= 0.3 is 0 Å². The van der Waals surface area contributed by atoms with Gasteiger partial charge in [-0.1, -0.05) is 12.8 Å². The van der Waals surface area contributed by atoms with Crippen LogP contribution in [0.25, 0.3) is 22.4 Å². The molecular weight excluding hydrogens is 484 g/mol. The Morgan fingerprint density at radius 3 is 2.58 bits per heavy atom. The monoisotopic (exact) mass is 512 g/mol. The highest BCUT2D eigenvalue weighted by Crippen LogP contribution is 2.34. The third-order valence-electron chi connectivity index (χ3n) is 6.92. The summed E-state index contributed by atoms with van der Waals surface area (Å²) < 4.78 is 14.3. The Kier molecular flexibility index (Phi) is 6.38. The molecule has 0 amide bonds. The lowest BCUT2D eigenvalue weighted by Gasteiger charge is -2.36. The Bertz CT molecular complexity index is 1210. The number of nitrogens with zero attached hydrogens (tertiary/aromatic N) is 4. The molecule has 8 heteroatoms. The van der Waals surface area contributed by atoms with Gasteiger partial charge in [-0.2, -0.15) is 0 Å². The van der Waals surface area contributed by atoms with Crippen molar-refractivity contribution >= 4 is 27.0 Å². The third-order valence-corrected chi connectivity index (χ3v) is 7.35. The van der Waals surface area contributed by atoms with Gasteiger partial charge in [-0.15, -0.1) is 0 Å². The van der Waals surface area contributed by atoms with Gasteiger partial charge in [-0.3, -0.25) is 9.36 Å². The minimum absolute atomic E-state index is 0.195. The van der Waals surface area contributed by atoms with Crippen LogP contribution in [0.1, 0.15) is 38.5 Å². The average Bonchev–Trinajstić information content (AvgIpc) is 3.37. The lowest BCUT2D eigenvalue weighted by molar-refractivity contribution is 0.0767. The summed E-state index contributed by atoms with van der Waals surface area (Å²) >= 11 is 3.41. The number of piperidine rings is 1. The first-order valence-electron chi connectivity index (χ1n) is 11.6. The van der Waals surface area contributed by atoms with E-state index in [1.165, 1.54) is 30.3 Å². The minimum Gasteiger partial charge on any atom is -0.496 e. The Balaban J connectivity index is 1.37. The number of methoxy groups -OCH3 is 1. The fraction of sp³-hybridized carbons (Fsp3) is 0.480. The predicted octanol–water partition coefficient (Wildman–Crippen LogP) is 4.55. The maximum Gasteiger partial charge on any atom is 0.280 e. The van der Waals surface area contributed by atoms with E-state index in [2.05, 4.69) is 25.8 Å². The van der Waals surface area contributed by atoms with E-state index < -0.39 is 0 Å². The van der Waals surface area contributed by atoms with Crippen LogP contribution < -0.4 is 15.0 Å². The molecule has 0 atom stereocenters. The van der Waals surface area contributed by atoms with Gasteiger partial charge in [0.2, 0.25) is 0 Å². The number of fused-ring (bicyclic) bond motifs is 1. The zero-order valence-corrected chi connectivity index (χ0v) is 20.7. The largest absolute Gasteiger partial charge is 0.496 e. The first kappa shape index (κ1) is 22.3. The van der Waals surface area contributed by atoms with Gasteiger partial charge in [0, 0.05) is 42.9 Å². The molecule has 1 saturated carbocycles. The normalized spacial score (nSPS) is 18.2. The number of likely N-dealkylation sites (tertiary alicyclic amines) is 1. The van der Waals surface area contributed by atoms with E-state index in [9.17, 15) is 4.79 Å². The van der Waals surface area contributed by atoms with Gasteiger partial charge < -0.3 is 14.4 Å². The fourth-order valence-corrected chi connectivity index (χ4v) is 5.43. The standard InChI is InChI=1S/C25H29BrN4O3/c1-29-24(28-21-13-16(26)15-27-23(21)25(29)31)20-8-7-19(14-22(20)32-2)33-18-9-11-30(12-10-18)17-5-3-4-6-17/h7-8,13-15,17-18H,3-6,9-12H2,1-2H3. The average molecular weight is 513 g/mol. The van der Waals surface area contributed by atoms with Crippen LogP contribution in [0, 0.1) is 0 Å². The first-order valence-corrected chi connectivity index (χ1v) is 12.4. The van der Waals surface area contributed by atoms with Gasteiger partial charge in [-0.25, -0.2) is 9.97 Å². The summed E-state index contributed by atoms with van der Waals surface area (Å²) in [5.74, 6) is 1.94. The van der Waals surface area contributed by atoms with E-state index >= 15 is 0 Å². The molecule has 3 aromatic rings. The summed E-state index contributed by atoms with van der Waals surface area (Å²) in [5, 5.41) is 0. The molecule has 0 spiro atoms. The van der Waals surface area contributed by atoms with Crippen molar-refractivity contribution in [3.05, 3.63) is 45.3 Å². The van der Waals surface area contributed by atoms with Crippen molar-refractivity contribution in [1.29, 1.82) is 0 Å². The van der Waals surface area contributed by atoms with Crippen molar-refractivity contribution in [2.24, 2.45) is 7.05 Å². The molecule has 2 aromatic heterocycles. The molecule has 7 nitrogen and oxygen atoms in total. The van der Waals surface area contributed by atoms with Crippen LogP contribution in [0.5, 0.6) is 11.5 Å². The van der Waals surface area contributed by atoms with Crippen molar-refractivity contribution in [3.63, 3.8) is 0 Å². The second kappa shape index (κ2) is 9.43. The number of ether oxygens (including phenoxy) is 2. The predicted molar refractivity (Wildman–Crippen MR) is 132 cm³/mol. The number of halogens is 1. The lowest BCUT2D eigenvalue weighted by Crippen LogP contribution is -2.43. The molecule has 1 aliphatic heterocycles. The van der Waals surface area contributed by atoms with Gasteiger partial charge in [0.25, 0.3) is 5.56 Å². The zero-order chi connectivity index (χ0) is 22.9. The van der Waals surface area contributed by atoms with E-state index in [0.29, 0.717) is 22.6 Å². The minimum atomic E-state index is -0.195. The molecule has 0 unspecified atom stereocenters. The van der Waals surface area contributed by atoms with Gasteiger partial charge in [-0.05, 0) is 59.8 Å². The summed E-state index contributed by atoms with van der Waals surface area (Å²) in [6.45, 7) is 2.22. The van der Waals surface area contributed by atoms with E-state index in [4.69, 9.17) is 14.5 Å². The molecule has 0 bridgehead atoms. The Hall–Kier alpha value is -2.45. The quantitative estimate of drug-likeness (QED) is 0.499. The van der Waals surface area contributed by atoms with Crippen molar-refractivity contribution in [2.75, 3.05) is 20.2 Å². The van der Waals surface area contributed by atoms with Crippen molar-refractivity contribution in [2.45, 2.75) is 50.7 Å². The Morgan fingerprint density at radius 2 is 1.85 bits per heavy atom. The highest BCUT2D eigenvalue weighted by atomic mass is 79.9. The number of hydrogen-bond acceptors (Lipinski definition) is 6. The number of rotatable bonds is 5. The van der Waals surface area contributed by atoms with E-state index in [0.717, 1.165) is 47.8 Å². The highest BCUT2D eigenvalue weighted by molar-refractivity contribution is 9.10. The Labute approximate surface area is 201 Å². The van der Waals surface area contributed by atoms with Gasteiger partial charge in [0.1, 0.15) is 23.4 Å². The van der Waals surface area contributed by atoms with Crippen LogP contribution in [-0.4, -0.2) is 51.8 Å². The summed E-state index contributed by atoms with van der Waals surface area (Å²) in [6, 6.07) is 8.34. The topological polar surface area (TPSA) is 69.5 Å². The molecule has 1 saturated heterocycles. The molecule has 0 N–H and O–H groups in total. The van der Waals surface area contributed by atoms with Crippen LogP contribution in [0.2, 0.25) is 0 Å². The fourth-order valence-electron chi connectivity index (χ4n) is 5.11. The van der Waals surface area contributed by atoms with Crippen molar-refractivity contribution in [3.8, 4) is 22.9 Å².